The third-order valence-corrected chi connectivity index (χ3v) is 3.87. The molecule has 8 heteroatoms. The lowest BCUT2D eigenvalue weighted by molar-refractivity contribution is 0.409. The fourth-order valence-electron chi connectivity index (χ4n) is 2.64. The van der Waals surface area contributed by atoms with Crippen LogP contribution in [0.1, 0.15) is 30.9 Å². The Kier molecular flexibility index (Phi) is 4.60. The summed E-state index contributed by atoms with van der Waals surface area (Å²) in [5, 5.41) is 3.25. The van der Waals surface area contributed by atoms with Gasteiger partial charge in [-0.1, -0.05) is 13.8 Å². The Morgan fingerprint density at radius 2 is 2.00 bits per heavy atom. The Balaban J connectivity index is 2.08. The number of rotatable bonds is 5. The molecule has 0 spiro atoms. The van der Waals surface area contributed by atoms with Crippen molar-refractivity contribution < 1.29 is 9.47 Å². The van der Waals surface area contributed by atoms with Crippen molar-refractivity contribution in [2.45, 2.75) is 19.8 Å². The highest BCUT2D eigenvalue weighted by atomic mass is 16.5. The number of ether oxygens (including phenoxy) is 2. The Morgan fingerprint density at radius 1 is 1.20 bits per heavy atom. The average molecular weight is 342 g/mol. The molecule has 1 aromatic heterocycles. The molecule has 1 aliphatic rings. The van der Waals surface area contributed by atoms with Crippen LogP contribution in [0.2, 0.25) is 0 Å². The number of aliphatic imine (C=N–C) groups is 1. The highest BCUT2D eigenvalue weighted by molar-refractivity contribution is 6.02. The summed E-state index contributed by atoms with van der Waals surface area (Å²) in [6.45, 7) is 5.68. The molecule has 1 aromatic carbocycles. The van der Waals surface area contributed by atoms with Crippen LogP contribution in [-0.4, -0.2) is 36.0 Å². The molecule has 5 N–H and O–H groups in total. The molecule has 0 saturated heterocycles. The first kappa shape index (κ1) is 16.8. The summed E-state index contributed by atoms with van der Waals surface area (Å²) < 4.78 is 11.5. The van der Waals surface area contributed by atoms with Gasteiger partial charge in [0.25, 0.3) is 5.88 Å². The van der Waals surface area contributed by atoms with Crippen molar-refractivity contribution >= 4 is 17.5 Å². The maximum Gasteiger partial charge on any atom is 0.262 e. The molecule has 0 fully saturated rings. The molecule has 0 atom stereocenters. The second kappa shape index (κ2) is 6.84. The lowest BCUT2D eigenvalue weighted by atomic mass is 9.99. The van der Waals surface area contributed by atoms with Gasteiger partial charge in [-0.3, -0.25) is 4.99 Å². The molecule has 0 bridgehead atoms. The maximum absolute atomic E-state index is 5.96. The van der Waals surface area contributed by atoms with E-state index in [1.165, 1.54) is 6.20 Å². The van der Waals surface area contributed by atoms with Gasteiger partial charge in [0.1, 0.15) is 23.2 Å². The summed E-state index contributed by atoms with van der Waals surface area (Å²) in [5.74, 6) is 2.96. The molecule has 0 unspecified atom stereocenters. The van der Waals surface area contributed by atoms with Crippen LogP contribution in [0.4, 0.5) is 11.6 Å². The molecule has 8 nitrogen and oxygen atoms in total. The van der Waals surface area contributed by atoms with Gasteiger partial charge in [-0.05, 0) is 18.1 Å². The largest absolute Gasteiger partial charge is 0.496 e. The summed E-state index contributed by atoms with van der Waals surface area (Å²) in [6.07, 6.45) is 1.41. The normalized spacial score (nSPS) is 13.5. The average Bonchev–Trinajstić information content (AvgIpc) is 3.11. The van der Waals surface area contributed by atoms with Gasteiger partial charge in [0.2, 0.25) is 0 Å². The number of hydrogen-bond acceptors (Lipinski definition) is 8. The minimum Gasteiger partial charge on any atom is -0.496 e. The van der Waals surface area contributed by atoms with Crippen molar-refractivity contribution in [2.75, 3.05) is 31.7 Å². The van der Waals surface area contributed by atoms with Crippen LogP contribution in [0, 0.1) is 0 Å². The van der Waals surface area contributed by atoms with Crippen LogP contribution in [0.5, 0.6) is 17.4 Å². The molecule has 0 saturated carbocycles. The van der Waals surface area contributed by atoms with Crippen molar-refractivity contribution in [3.63, 3.8) is 0 Å². The van der Waals surface area contributed by atoms with E-state index in [2.05, 4.69) is 34.1 Å². The Morgan fingerprint density at radius 3 is 2.60 bits per heavy atom. The summed E-state index contributed by atoms with van der Waals surface area (Å²) in [4.78, 5) is 12.6. The van der Waals surface area contributed by atoms with Crippen molar-refractivity contribution in [2.24, 2.45) is 4.99 Å². The van der Waals surface area contributed by atoms with Crippen LogP contribution in [0.15, 0.2) is 23.3 Å². The van der Waals surface area contributed by atoms with Gasteiger partial charge in [0.05, 0.1) is 25.4 Å². The monoisotopic (exact) mass is 342 g/mol. The molecule has 0 amide bonds. The first-order chi connectivity index (χ1) is 12.0. The third kappa shape index (κ3) is 3.42. The summed E-state index contributed by atoms with van der Waals surface area (Å²) in [5.41, 5.74) is 13.3. The molecule has 25 heavy (non-hydrogen) atoms. The first-order valence-electron chi connectivity index (χ1n) is 8.06. The van der Waals surface area contributed by atoms with E-state index in [1.807, 2.05) is 12.1 Å². The van der Waals surface area contributed by atoms with Crippen molar-refractivity contribution in [1.82, 2.24) is 15.3 Å². The molecule has 1 aliphatic heterocycles. The smallest absolute Gasteiger partial charge is 0.262 e. The number of hydrogen-bond donors (Lipinski definition) is 3. The van der Waals surface area contributed by atoms with Crippen molar-refractivity contribution in [3.8, 4) is 17.4 Å². The first-order valence-corrected chi connectivity index (χ1v) is 8.06. The zero-order chi connectivity index (χ0) is 18.0. The van der Waals surface area contributed by atoms with Gasteiger partial charge in [-0.2, -0.15) is 0 Å². The number of nitrogens with one attached hydrogen (secondary N) is 1. The molecule has 3 rings (SSSR count). The lowest BCUT2D eigenvalue weighted by Crippen LogP contribution is -2.20. The van der Waals surface area contributed by atoms with Gasteiger partial charge in [0.15, 0.2) is 5.82 Å². The summed E-state index contributed by atoms with van der Waals surface area (Å²) >= 11 is 0. The van der Waals surface area contributed by atoms with Gasteiger partial charge in [-0.25, -0.2) is 9.97 Å². The molecular weight excluding hydrogens is 320 g/mol. The second-order valence-corrected chi connectivity index (χ2v) is 5.99. The third-order valence-electron chi connectivity index (χ3n) is 3.87. The van der Waals surface area contributed by atoms with Gasteiger partial charge in [-0.15, -0.1) is 0 Å². The van der Waals surface area contributed by atoms with Crippen LogP contribution < -0.4 is 26.3 Å². The zero-order valence-corrected chi connectivity index (χ0v) is 14.5. The second-order valence-electron chi connectivity index (χ2n) is 5.99. The van der Waals surface area contributed by atoms with E-state index < -0.39 is 0 Å². The SMILES string of the molecule is COc1cc(C(C)C)c(Oc2ncc(N)nc2N)cc1C1=NCCN1. The standard InChI is InChI=1S/C17H22N6O2/c1-9(2)10-6-12(24-3)11(16-20-4-5-21-16)7-13(10)25-17-15(19)23-14(18)8-22-17/h6-9H,4-5H2,1-3H3,(H,20,21)(H4,18,19,23). The number of benzene rings is 1. The predicted octanol–water partition coefficient (Wildman–Crippen LogP) is 1.92. The number of methoxy groups -OCH3 is 1. The minimum atomic E-state index is 0.142. The van der Waals surface area contributed by atoms with Crippen LogP contribution >= 0.6 is 0 Å². The van der Waals surface area contributed by atoms with E-state index in [-0.39, 0.29) is 23.4 Å². The predicted molar refractivity (Wildman–Crippen MR) is 97.4 cm³/mol. The van der Waals surface area contributed by atoms with Gasteiger partial charge < -0.3 is 26.3 Å². The van der Waals surface area contributed by atoms with Gasteiger partial charge >= 0.3 is 0 Å². The molecule has 0 aliphatic carbocycles. The molecule has 2 heterocycles. The van der Waals surface area contributed by atoms with Gasteiger partial charge in [0, 0.05) is 12.1 Å². The molecular formula is C17H22N6O2. The van der Waals surface area contributed by atoms with Crippen LogP contribution in [-0.2, 0) is 0 Å². The fraction of sp³-hybridized carbons (Fsp3) is 0.353. The highest BCUT2D eigenvalue weighted by Crippen LogP contribution is 2.37. The number of nitrogens with zero attached hydrogens (tertiary/aromatic N) is 3. The van der Waals surface area contributed by atoms with E-state index in [0.717, 1.165) is 35.8 Å². The Hall–Kier alpha value is -3.03. The highest BCUT2D eigenvalue weighted by Gasteiger charge is 2.20. The van der Waals surface area contributed by atoms with Crippen LogP contribution in [0.3, 0.4) is 0 Å². The fourth-order valence-corrected chi connectivity index (χ4v) is 2.64. The maximum atomic E-state index is 5.96. The van der Waals surface area contributed by atoms with E-state index in [9.17, 15) is 0 Å². The molecule has 2 aromatic rings. The quantitative estimate of drug-likeness (QED) is 0.759. The number of anilines is 2. The lowest BCUT2D eigenvalue weighted by Gasteiger charge is -2.18. The van der Waals surface area contributed by atoms with Crippen molar-refractivity contribution in [3.05, 3.63) is 29.5 Å². The number of nitrogens with two attached hydrogens (primary N) is 2. The summed E-state index contributed by atoms with van der Waals surface area (Å²) in [7, 11) is 1.64. The van der Waals surface area contributed by atoms with Crippen molar-refractivity contribution in [1.29, 1.82) is 0 Å². The van der Waals surface area contributed by atoms with Crippen LogP contribution in [0.25, 0.3) is 0 Å². The zero-order valence-electron chi connectivity index (χ0n) is 14.5. The Bertz CT molecular complexity index is 819. The van der Waals surface area contributed by atoms with E-state index >= 15 is 0 Å². The minimum absolute atomic E-state index is 0.142. The number of amidine groups is 1. The Labute approximate surface area is 146 Å². The van der Waals surface area contributed by atoms with E-state index in [4.69, 9.17) is 20.9 Å². The molecule has 0 radical (unpaired) electrons. The topological polar surface area (TPSA) is 121 Å². The number of nitrogen functional groups attached to an aromatic ring is 2. The van der Waals surface area contributed by atoms with E-state index in [1.54, 1.807) is 7.11 Å². The summed E-state index contributed by atoms with van der Waals surface area (Å²) in [6, 6.07) is 3.85. The van der Waals surface area contributed by atoms with E-state index in [0.29, 0.717) is 5.75 Å². The molecule has 132 valence electrons. The number of aromatic nitrogens is 2.